The molecule has 2 rings (SSSR count). The zero-order valence-corrected chi connectivity index (χ0v) is 12.3. The van der Waals surface area contributed by atoms with E-state index in [-0.39, 0.29) is 6.04 Å². The van der Waals surface area contributed by atoms with Crippen LogP contribution < -0.4 is 4.72 Å². The van der Waals surface area contributed by atoms with Gasteiger partial charge in [-0.25, -0.2) is 4.98 Å². The first-order chi connectivity index (χ1) is 8.49. The van der Waals surface area contributed by atoms with E-state index in [4.69, 9.17) is 0 Å². The maximum absolute atomic E-state index is 12.0. The van der Waals surface area contributed by atoms with Gasteiger partial charge in [0.1, 0.15) is 0 Å². The Balaban J connectivity index is 1.94. The molecule has 18 heavy (non-hydrogen) atoms. The first kappa shape index (κ1) is 13.9. The summed E-state index contributed by atoms with van der Waals surface area (Å²) < 4.78 is 28.1. The van der Waals surface area contributed by atoms with Crippen LogP contribution in [0.4, 0.5) is 0 Å². The quantitative estimate of drug-likeness (QED) is 0.915. The molecule has 1 saturated heterocycles. The summed E-state index contributed by atoms with van der Waals surface area (Å²) in [6, 6.07) is -0.0633. The second-order valence-corrected chi connectivity index (χ2v) is 7.45. The molecule has 1 aromatic heterocycles. The van der Waals surface area contributed by atoms with Crippen molar-refractivity contribution in [1.29, 1.82) is 0 Å². The van der Waals surface area contributed by atoms with Gasteiger partial charge in [0.15, 0.2) is 0 Å². The van der Waals surface area contributed by atoms with Crippen LogP contribution in [0.25, 0.3) is 0 Å². The Morgan fingerprint density at radius 2 is 2.11 bits per heavy atom. The smallest absolute Gasteiger partial charge is 0.249 e. The van der Waals surface area contributed by atoms with Crippen molar-refractivity contribution in [2.45, 2.75) is 38.6 Å². The van der Waals surface area contributed by atoms with Crippen LogP contribution in [-0.4, -0.2) is 36.8 Å². The third-order valence-corrected chi connectivity index (χ3v) is 5.73. The molecular weight excluding hydrogens is 270 g/mol. The topological polar surface area (TPSA) is 62.3 Å². The van der Waals surface area contributed by atoms with Crippen molar-refractivity contribution >= 4 is 21.5 Å². The third kappa shape index (κ3) is 3.28. The average molecular weight is 289 g/mol. The van der Waals surface area contributed by atoms with Crippen molar-refractivity contribution in [2.24, 2.45) is 0 Å². The van der Waals surface area contributed by atoms with Crippen LogP contribution in [0.1, 0.15) is 37.6 Å². The molecule has 0 unspecified atom stereocenters. The Morgan fingerprint density at radius 3 is 2.61 bits per heavy atom. The molecule has 1 aliphatic heterocycles. The standard InChI is InChI=1S/C11H19N3O2S2/c1-9(2)13-18(15,16)14-6-3-10(4-7-14)11-12-5-8-17-11/h5,8-10,13H,3-4,6-7H2,1-2H3. The van der Waals surface area contributed by atoms with Crippen molar-refractivity contribution < 1.29 is 8.42 Å². The number of rotatable bonds is 4. The molecule has 0 spiro atoms. The fourth-order valence-corrected chi connectivity index (χ4v) is 4.40. The van der Waals surface area contributed by atoms with Gasteiger partial charge in [0.05, 0.1) is 5.01 Å². The van der Waals surface area contributed by atoms with Crippen LogP contribution in [0.5, 0.6) is 0 Å². The maximum Gasteiger partial charge on any atom is 0.279 e. The molecule has 0 amide bonds. The van der Waals surface area contributed by atoms with E-state index >= 15 is 0 Å². The number of hydrogen-bond acceptors (Lipinski definition) is 4. The van der Waals surface area contributed by atoms with Gasteiger partial charge in [-0.15, -0.1) is 11.3 Å². The minimum absolute atomic E-state index is 0.0633. The first-order valence-corrected chi connectivity index (χ1v) is 8.48. The molecule has 1 aliphatic rings. The van der Waals surface area contributed by atoms with Crippen molar-refractivity contribution in [3.8, 4) is 0 Å². The van der Waals surface area contributed by atoms with Gasteiger partial charge in [0, 0.05) is 36.6 Å². The van der Waals surface area contributed by atoms with Crippen molar-refractivity contribution in [3.63, 3.8) is 0 Å². The van der Waals surface area contributed by atoms with Crippen LogP contribution in [-0.2, 0) is 10.2 Å². The van der Waals surface area contributed by atoms with E-state index < -0.39 is 10.2 Å². The molecule has 2 heterocycles. The summed E-state index contributed by atoms with van der Waals surface area (Å²) in [7, 11) is -3.31. The lowest BCUT2D eigenvalue weighted by atomic mass is 9.99. The number of thiazole rings is 1. The highest BCUT2D eigenvalue weighted by molar-refractivity contribution is 7.87. The molecule has 0 bridgehead atoms. The fourth-order valence-electron chi connectivity index (χ4n) is 2.15. The van der Waals surface area contributed by atoms with E-state index in [2.05, 4.69) is 9.71 Å². The predicted molar refractivity (Wildman–Crippen MR) is 72.9 cm³/mol. The van der Waals surface area contributed by atoms with Gasteiger partial charge in [0.25, 0.3) is 10.2 Å². The SMILES string of the molecule is CC(C)NS(=O)(=O)N1CCC(c2nccs2)CC1. The molecule has 1 N–H and O–H groups in total. The van der Waals surface area contributed by atoms with Crippen LogP contribution in [0.15, 0.2) is 11.6 Å². The normalized spacial score (nSPS) is 19.5. The maximum atomic E-state index is 12.0. The second kappa shape index (κ2) is 5.64. The summed E-state index contributed by atoms with van der Waals surface area (Å²) in [6.07, 6.45) is 3.52. The van der Waals surface area contributed by atoms with Crippen LogP contribution in [0.3, 0.4) is 0 Å². The highest BCUT2D eigenvalue weighted by atomic mass is 32.2. The molecule has 1 aromatic rings. The molecule has 1 fully saturated rings. The molecule has 0 radical (unpaired) electrons. The summed E-state index contributed by atoms with van der Waals surface area (Å²) in [6.45, 7) is 4.82. The van der Waals surface area contributed by atoms with Gasteiger partial charge in [-0.05, 0) is 26.7 Å². The molecule has 0 atom stereocenters. The third-order valence-electron chi connectivity index (χ3n) is 2.98. The Hall–Kier alpha value is -0.500. The zero-order valence-electron chi connectivity index (χ0n) is 10.7. The summed E-state index contributed by atoms with van der Waals surface area (Å²) in [5, 5.41) is 3.10. The number of nitrogens with zero attached hydrogens (tertiary/aromatic N) is 2. The van der Waals surface area contributed by atoms with Crippen LogP contribution >= 0.6 is 11.3 Å². The Labute approximate surface area is 112 Å². The van der Waals surface area contributed by atoms with Gasteiger partial charge in [-0.3, -0.25) is 0 Å². The van der Waals surface area contributed by atoms with E-state index in [1.54, 1.807) is 11.3 Å². The lowest BCUT2D eigenvalue weighted by Gasteiger charge is -2.30. The van der Waals surface area contributed by atoms with Gasteiger partial charge < -0.3 is 0 Å². The fraction of sp³-hybridized carbons (Fsp3) is 0.727. The second-order valence-electron chi connectivity index (χ2n) is 4.82. The van der Waals surface area contributed by atoms with Crippen LogP contribution in [0, 0.1) is 0 Å². The Morgan fingerprint density at radius 1 is 1.44 bits per heavy atom. The molecule has 5 nitrogen and oxygen atoms in total. The molecule has 102 valence electrons. The molecule has 0 saturated carbocycles. The van der Waals surface area contributed by atoms with E-state index in [1.165, 1.54) is 4.31 Å². The lowest BCUT2D eigenvalue weighted by molar-refractivity contribution is 0.314. The van der Waals surface area contributed by atoms with Gasteiger partial charge in [-0.2, -0.15) is 17.4 Å². The van der Waals surface area contributed by atoms with Crippen molar-refractivity contribution in [3.05, 3.63) is 16.6 Å². The molecule has 7 heteroatoms. The van der Waals surface area contributed by atoms with Crippen molar-refractivity contribution in [1.82, 2.24) is 14.0 Å². The van der Waals surface area contributed by atoms with Gasteiger partial charge in [-0.1, -0.05) is 0 Å². The highest BCUT2D eigenvalue weighted by Crippen LogP contribution is 2.29. The number of aromatic nitrogens is 1. The average Bonchev–Trinajstić information content (AvgIpc) is 2.81. The highest BCUT2D eigenvalue weighted by Gasteiger charge is 2.29. The van der Waals surface area contributed by atoms with E-state index in [1.807, 2.05) is 25.4 Å². The van der Waals surface area contributed by atoms with Gasteiger partial charge >= 0.3 is 0 Å². The number of hydrogen-bond donors (Lipinski definition) is 1. The molecule has 0 aromatic carbocycles. The Kier molecular flexibility index (Phi) is 4.37. The Bertz CT molecular complexity index is 462. The van der Waals surface area contributed by atoms with Crippen LogP contribution in [0.2, 0.25) is 0 Å². The molecule has 0 aliphatic carbocycles. The van der Waals surface area contributed by atoms with Gasteiger partial charge in [0.2, 0.25) is 0 Å². The largest absolute Gasteiger partial charge is 0.279 e. The lowest BCUT2D eigenvalue weighted by Crippen LogP contribution is -2.46. The van der Waals surface area contributed by atoms with E-state index in [0.717, 1.165) is 17.8 Å². The first-order valence-electron chi connectivity index (χ1n) is 6.16. The summed E-state index contributed by atoms with van der Waals surface area (Å²) in [5.74, 6) is 0.412. The number of nitrogens with one attached hydrogen (secondary N) is 1. The minimum atomic E-state index is -3.31. The number of piperidine rings is 1. The van der Waals surface area contributed by atoms with E-state index in [0.29, 0.717) is 19.0 Å². The molecular formula is C11H19N3O2S2. The summed E-state index contributed by atoms with van der Waals surface area (Å²) >= 11 is 1.65. The monoisotopic (exact) mass is 289 g/mol. The summed E-state index contributed by atoms with van der Waals surface area (Å²) in [5.41, 5.74) is 0. The van der Waals surface area contributed by atoms with E-state index in [9.17, 15) is 8.42 Å². The summed E-state index contributed by atoms with van der Waals surface area (Å²) in [4.78, 5) is 4.31. The zero-order chi connectivity index (χ0) is 13.2. The minimum Gasteiger partial charge on any atom is -0.249 e. The predicted octanol–water partition coefficient (Wildman–Crippen LogP) is 1.57. The van der Waals surface area contributed by atoms with Crippen molar-refractivity contribution in [2.75, 3.05) is 13.1 Å².